The van der Waals surface area contributed by atoms with Crippen LogP contribution in [-0.4, -0.2) is 40.5 Å². The Hall–Kier alpha value is -2.94. The number of aromatic nitrogens is 2. The smallest absolute Gasteiger partial charge is 0.268 e. The molecule has 3 heterocycles. The molecule has 0 spiro atoms. The number of amides is 1. The topological polar surface area (TPSA) is 73.2 Å². The third-order valence-corrected chi connectivity index (χ3v) is 7.37. The molecule has 1 aliphatic rings. The number of carbonyl (C=O) groups excluding carboxylic acids is 1. The Labute approximate surface area is 199 Å². The molecule has 1 saturated heterocycles. The number of fused-ring (bicyclic) bond motifs is 1. The van der Waals surface area contributed by atoms with Gasteiger partial charge in [0.15, 0.2) is 5.16 Å². The summed E-state index contributed by atoms with van der Waals surface area (Å²) < 4.78 is 7.18. The molecular weight excluding hydrogens is 454 g/mol. The lowest BCUT2D eigenvalue weighted by molar-refractivity contribution is -0.119. The zero-order chi connectivity index (χ0) is 22.6. The van der Waals surface area contributed by atoms with Crippen LogP contribution in [0.4, 0.5) is 0 Å². The standard InChI is InChI=1S/C25H23N3O3S2/c29-21(26-14-19-12-7-13-31-19)16-33-25-27-23-22(20(15-32-23)17-8-3-1-4-9-17)24(30)28(25)18-10-5-2-6-11-18/h1-6,8-11,15,19H,7,12-14,16H2,(H,26,29)/t19-/m1/s1. The SMILES string of the molecule is O=C(CSc1nc2scc(-c3ccccc3)c2c(=O)n1-c1ccccc1)NC[C@H]1CCCO1. The predicted octanol–water partition coefficient (Wildman–Crippen LogP) is 4.50. The van der Waals surface area contributed by atoms with Gasteiger partial charge in [-0.2, -0.15) is 0 Å². The van der Waals surface area contributed by atoms with E-state index in [1.807, 2.05) is 66.0 Å². The lowest BCUT2D eigenvalue weighted by Gasteiger charge is -2.13. The number of hydrogen-bond acceptors (Lipinski definition) is 6. The molecule has 33 heavy (non-hydrogen) atoms. The largest absolute Gasteiger partial charge is 0.376 e. The normalized spacial score (nSPS) is 15.7. The van der Waals surface area contributed by atoms with Crippen LogP contribution in [0.3, 0.4) is 0 Å². The number of nitrogens with one attached hydrogen (secondary N) is 1. The van der Waals surface area contributed by atoms with Gasteiger partial charge < -0.3 is 10.1 Å². The van der Waals surface area contributed by atoms with Gasteiger partial charge in [-0.05, 0) is 30.5 Å². The van der Waals surface area contributed by atoms with Crippen LogP contribution in [0.15, 0.2) is 76.0 Å². The zero-order valence-corrected chi connectivity index (χ0v) is 19.5. The number of ether oxygens (including phenoxy) is 1. The Bertz CT molecular complexity index is 1310. The van der Waals surface area contributed by atoms with Gasteiger partial charge in [-0.1, -0.05) is 60.3 Å². The fraction of sp³-hybridized carbons (Fsp3) is 0.240. The summed E-state index contributed by atoms with van der Waals surface area (Å²) in [5.41, 5.74) is 2.46. The molecular formula is C25H23N3O3S2. The van der Waals surface area contributed by atoms with Gasteiger partial charge in [0.05, 0.1) is 22.9 Å². The molecule has 0 radical (unpaired) electrons. The lowest BCUT2D eigenvalue weighted by Crippen LogP contribution is -2.33. The number of hydrogen-bond donors (Lipinski definition) is 1. The summed E-state index contributed by atoms with van der Waals surface area (Å²) in [5, 5.41) is 6.02. The number of nitrogens with zero attached hydrogens (tertiary/aromatic N) is 2. The van der Waals surface area contributed by atoms with Crippen LogP contribution in [0.25, 0.3) is 27.0 Å². The van der Waals surface area contributed by atoms with Crippen LogP contribution < -0.4 is 10.9 Å². The molecule has 2 aromatic heterocycles. The minimum atomic E-state index is -0.131. The molecule has 1 amide bonds. The highest BCUT2D eigenvalue weighted by molar-refractivity contribution is 7.99. The Balaban J connectivity index is 1.48. The van der Waals surface area contributed by atoms with Gasteiger partial charge in [0.2, 0.25) is 5.91 Å². The second-order valence-corrected chi connectivity index (χ2v) is 9.59. The zero-order valence-electron chi connectivity index (χ0n) is 17.9. The van der Waals surface area contributed by atoms with Crippen LogP contribution in [0.2, 0.25) is 0 Å². The van der Waals surface area contributed by atoms with Crippen LogP contribution in [0, 0.1) is 0 Å². The number of para-hydroxylation sites is 1. The predicted molar refractivity (Wildman–Crippen MR) is 133 cm³/mol. The summed E-state index contributed by atoms with van der Waals surface area (Å²) in [6.07, 6.45) is 2.11. The minimum absolute atomic E-state index is 0.0958. The average molecular weight is 478 g/mol. The molecule has 1 atom stereocenters. The molecule has 2 aromatic carbocycles. The van der Waals surface area contributed by atoms with Crippen molar-refractivity contribution in [2.45, 2.75) is 24.1 Å². The van der Waals surface area contributed by atoms with Crippen molar-refractivity contribution < 1.29 is 9.53 Å². The third kappa shape index (κ3) is 4.73. The highest BCUT2D eigenvalue weighted by Gasteiger charge is 2.20. The summed E-state index contributed by atoms with van der Waals surface area (Å²) in [6.45, 7) is 1.27. The molecule has 6 nitrogen and oxygen atoms in total. The van der Waals surface area contributed by atoms with Crippen molar-refractivity contribution in [3.05, 3.63) is 76.4 Å². The van der Waals surface area contributed by atoms with Crippen LogP contribution in [-0.2, 0) is 9.53 Å². The lowest BCUT2D eigenvalue weighted by atomic mass is 10.1. The number of rotatable bonds is 7. The van der Waals surface area contributed by atoms with E-state index in [2.05, 4.69) is 5.32 Å². The Kier molecular flexibility index (Phi) is 6.57. The van der Waals surface area contributed by atoms with E-state index in [0.29, 0.717) is 21.9 Å². The molecule has 8 heteroatoms. The maximum atomic E-state index is 13.7. The van der Waals surface area contributed by atoms with E-state index in [1.165, 1.54) is 23.1 Å². The first-order valence-corrected chi connectivity index (χ1v) is 12.7. The maximum absolute atomic E-state index is 13.7. The van der Waals surface area contributed by atoms with Crippen molar-refractivity contribution in [2.75, 3.05) is 18.9 Å². The van der Waals surface area contributed by atoms with Crippen molar-refractivity contribution >= 4 is 39.2 Å². The van der Waals surface area contributed by atoms with Gasteiger partial charge in [0.1, 0.15) is 4.83 Å². The van der Waals surface area contributed by atoms with Gasteiger partial charge in [0.25, 0.3) is 5.56 Å². The molecule has 0 aliphatic carbocycles. The molecule has 0 saturated carbocycles. The van der Waals surface area contributed by atoms with Crippen LogP contribution in [0.1, 0.15) is 12.8 Å². The molecule has 1 aliphatic heterocycles. The van der Waals surface area contributed by atoms with E-state index in [0.717, 1.165) is 36.3 Å². The van der Waals surface area contributed by atoms with Gasteiger partial charge >= 0.3 is 0 Å². The maximum Gasteiger partial charge on any atom is 0.268 e. The number of benzene rings is 2. The van der Waals surface area contributed by atoms with E-state index >= 15 is 0 Å². The van der Waals surface area contributed by atoms with Gasteiger partial charge in [-0.25, -0.2) is 4.98 Å². The quantitative estimate of drug-likeness (QED) is 0.313. The number of carbonyl (C=O) groups is 1. The molecule has 4 aromatic rings. The highest BCUT2D eigenvalue weighted by atomic mass is 32.2. The molecule has 5 rings (SSSR count). The van der Waals surface area contributed by atoms with E-state index in [-0.39, 0.29) is 23.3 Å². The Morgan fingerprint density at radius 2 is 1.91 bits per heavy atom. The average Bonchev–Trinajstić information content (AvgIpc) is 3.53. The molecule has 168 valence electrons. The van der Waals surface area contributed by atoms with Crippen LogP contribution >= 0.6 is 23.1 Å². The van der Waals surface area contributed by atoms with E-state index < -0.39 is 0 Å². The number of thioether (sulfide) groups is 1. The number of thiophene rings is 1. The van der Waals surface area contributed by atoms with Crippen molar-refractivity contribution in [3.63, 3.8) is 0 Å². The Morgan fingerprint density at radius 3 is 2.64 bits per heavy atom. The fourth-order valence-corrected chi connectivity index (χ4v) is 5.75. The van der Waals surface area contributed by atoms with Crippen molar-refractivity contribution in [3.8, 4) is 16.8 Å². The molecule has 1 fully saturated rings. The van der Waals surface area contributed by atoms with Gasteiger partial charge in [0, 0.05) is 24.1 Å². The van der Waals surface area contributed by atoms with Crippen molar-refractivity contribution in [1.29, 1.82) is 0 Å². The minimum Gasteiger partial charge on any atom is -0.376 e. The first-order valence-electron chi connectivity index (χ1n) is 10.9. The van der Waals surface area contributed by atoms with Gasteiger partial charge in [-0.3, -0.25) is 14.2 Å². The third-order valence-electron chi connectivity index (χ3n) is 5.56. The van der Waals surface area contributed by atoms with Crippen LogP contribution in [0.5, 0.6) is 0 Å². The Morgan fingerprint density at radius 1 is 1.15 bits per heavy atom. The van der Waals surface area contributed by atoms with E-state index in [9.17, 15) is 9.59 Å². The summed E-state index contributed by atoms with van der Waals surface area (Å²) in [7, 11) is 0. The summed E-state index contributed by atoms with van der Waals surface area (Å²) in [6, 6.07) is 19.3. The van der Waals surface area contributed by atoms with Crippen molar-refractivity contribution in [2.24, 2.45) is 0 Å². The molecule has 0 bridgehead atoms. The second kappa shape index (κ2) is 9.91. The van der Waals surface area contributed by atoms with Crippen molar-refractivity contribution in [1.82, 2.24) is 14.9 Å². The van der Waals surface area contributed by atoms with Gasteiger partial charge in [-0.15, -0.1) is 11.3 Å². The second-order valence-electron chi connectivity index (χ2n) is 7.79. The first-order chi connectivity index (χ1) is 16.2. The fourth-order valence-electron chi connectivity index (χ4n) is 3.92. The summed E-state index contributed by atoms with van der Waals surface area (Å²) in [5.74, 6) is 0.0784. The summed E-state index contributed by atoms with van der Waals surface area (Å²) >= 11 is 2.72. The summed E-state index contributed by atoms with van der Waals surface area (Å²) in [4.78, 5) is 31.7. The monoisotopic (exact) mass is 477 g/mol. The van der Waals surface area contributed by atoms with E-state index in [4.69, 9.17) is 9.72 Å². The molecule has 0 unspecified atom stereocenters. The first kappa shape index (κ1) is 21.9. The van der Waals surface area contributed by atoms with E-state index in [1.54, 1.807) is 4.57 Å². The molecule has 1 N–H and O–H groups in total. The highest BCUT2D eigenvalue weighted by Crippen LogP contribution is 2.32.